The lowest BCUT2D eigenvalue weighted by Gasteiger charge is -2.12. The van der Waals surface area contributed by atoms with E-state index in [9.17, 15) is 9.90 Å². The Morgan fingerprint density at radius 1 is 1.03 bits per heavy atom. The number of benzene rings is 3. The molecule has 9 heteroatoms. The number of hydrogen-bond acceptors (Lipinski definition) is 7. The first kappa shape index (κ1) is 26.5. The molecule has 0 saturated heterocycles. The molecule has 0 bridgehead atoms. The van der Waals surface area contributed by atoms with Gasteiger partial charge in [0.2, 0.25) is 0 Å². The maximum atomic E-state index is 10.2. The van der Waals surface area contributed by atoms with Crippen molar-refractivity contribution in [1.82, 2.24) is 19.9 Å². The first-order chi connectivity index (χ1) is 18.5. The van der Waals surface area contributed by atoms with Gasteiger partial charge in [0.25, 0.3) is 0 Å². The smallest absolute Gasteiger partial charge is 0.172 e. The number of phenols is 1. The molecule has 0 unspecified atom stereocenters. The van der Waals surface area contributed by atoms with Gasteiger partial charge in [0.05, 0.1) is 28.0 Å². The first-order valence-electron chi connectivity index (χ1n) is 11.8. The highest BCUT2D eigenvalue weighted by atomic mass is 79.9. The number of nitrogens with zero attached hydrogens (tertiary/aromatic N) is 4. The van der Waals surface area contributed by atoms with Crippen molar-refractivity contribution in [2.75, 3.05) is 12.4 Å². The van der Waals surface area contributed by atoms with Gasteiger partial charge in [-0.25, -0.2) is 4.98 Å². The van der Waals surface area contributed by atoms with Gasteiger partial charge in [-0.2, -0.15) is 14.9 Å². The van der Waals surface area contributed by atoms with Crippen molar-refractivity contribution in [3.8, 4) is 23.1 Å². The van der Waals surface area contributed by atoms with E-state index < -0.39 is 0 Å². The summed E-state index contributed by atoms with van der Waals surface area (Å²) >= 11 is 3.50. The predicted molar refractivity (Wildman–Crippen MR) is 151 cm³/mol. The van der Waals surface area contributed by atoms with Crippen LogP contribution >= 0.6 is 15.9 Å². The fourth-order valence-electron chi connectivity index (χ4n) is 3.74. The summed E-state index contributed by atoms with van der Waals surface area (Å²) in [4.78, 5) is 14.8. The normalized spacial score (nSPS) is 10.3. The van der Waals surface area contributed by atoms with Crippen molar-refractivity contribution < 1.29 is 9.90 Å². The molecule has 5 rings (SSSR count). The molecule has 0 saturated carbocycles. The number of rotatable bonds is 7. The van der Waals surface area contributed by atoms with E-state index in [0.29, 0.717) is 34.6 Å². The monoisotopic (exact) mass is 568 g/mol. The van der Waals surface area contributed by atoms with Crippen LogP contribution in [0.4, 0.5) is 5.82 Å². The van der Waals surface area contributed by atoms with E-state index in [4.69, 9.17) is 5.26 Å². The highest BCUT2D eigenvalue weighted by molar-refractivity contribution is 9.10. The van der Waals surface area contributed by atoms with E-state index in [-0.39, 0.29) is 5.75 Å². The Bertz CT molecular complexity index is 1590. The molecule has 0 aliphatic carbocycles. The minimum Gasteiger partial charge on any atom is -0.507 e. The number of para-hydroxylation sites is 1. The van der Waals surface area contributed by atoms with Gasteiger partial charge in [0.1, 0.15) is 17.9 Å². The number of carbonyl (C=O) groups excluding carboxylic acids is 1. The fourth-order valence-corrected chi connectivity index (χ4v) is 4.09. The van der Waals surface area contributed by atoms with Crippen LogP contribution in [0.1, 0.15) is 27.0 Å². The number of hydrogen-bond donors (Lipinski definition) is 3. The molecular formula is C29H25BrN6O2. The number of nitrogens with one attached hydrogen (secondary N) is 2. The van der Waals surface area contributed by atoms with Crippen molar-refractivity contribution in [3.63, 3.8) is 0 Å². The summed E-state index contributed by atoms with van der Waals surface area (Å²) in [6.07, 6.45) is 2.44. The van der Waals surface area contributed by atoms with E-state index in [1.807, 2.05) is 31.3 Å². The standard InChI is InChI=1S/C21H20BrN5O.C8H5NO/c1-23-11-14-6-8-15(9-7-14)12-24-20-10-18(16-4-2-3-5-19(16)28)26-21-17(22)13-25-27(20)21;9-5-7-2-1-3-8(4-7)6-10/h2-10,13,23-24,28H,11-12H2,1H3;1-4,6H. The van der Waals surface area contributed by atoms with Gasteiger partial charge in [-0.05, 0) is 58.4 Å². The second-order valence-corrected chi connectivity index (χ2v) is 9.18. The van der Waals surface area contributed by atoms with Crippen molar-refractivity contribution in [1.29, 1.82) is 5.26 Å². The van der Waals surface area contributed by atoms with Gasteiger partial charge >= 0.3 is 0 Å². The third-order valence-electron chi connectivity index (χ3n) is 5.64. The number of aromatic hydroxyl groups is 1. The van der Waals surface area contributed by atoms with Crippen LogP contribution in [0.15, 0.2) is 89.5 Å². The first-order valence-corrected chi connectivity index (χ1v) is 12.6. The predicted octanol–water partition coefficient (Wildman–Crippen LogP) is 5.57. The Kier molecular flexibility index (Phi) is 8.82. The van der Waals surface area contributed by atoms with Crippen LogP contribution in [0.5, 0.6) is 5.75 Å². The minimum absolute atomic E-state index is 0.195. The summed E-state index contributed by atoms with van der Waals surface area (Å²) in [6.45, 7) is 1.50. The van der Waals surface area contributed by atoms with Crippen molar-refractivity contribution in [3.05, 3.63) is 112 Å². The molecule has 0 fully saturated rings. The lowest BCUT2D eigenvalue weighted by atomic mass is 10.1. The Morgan fingerprint density at radius 3 is 2.45 bits per heavy atom. The quantitative estimate of drug-likeness (QED) is 0.220. The van der Waals surface area contributed by atoms with Crippen LogP contribution < -0.4 is 10.6 Å². The largest absolute Gasteiger partial charge is 0.507 e. The highest BCUT2D eigenvalue weighted by Gasteiger charge is 2.13. The average Bonchev–Trinajstić information content (AvgIpc) is 3.33. The van der Waals surface area contributed by atoms with Crippen molar-refractivity contribution in [2.24, 2.45) is 0 Å². The topological polar surface area (TPSA) is 115 Å². The molecule has 0 radical (unpaired) electrons. The van der Waals surface area contributed by atoms with Crippen LogP contribution in [0, 0.1) is 11.3 Å². The molecule has 2 heterocycles. The van der Waals surface area contributed by atoms with Gasteiger partial charge < -0.3 is 15.7 Å². The van der Waals surface area contributed by atoms with Crippen LogP contribution in [-0.4, -0.2) is 33.0 Å². The summed E-state index contributed by atoms with van der Waals surface area (Å²) in [7, 11) is 1.94. The van der Waals surface area contributed by atoms with Crippen LogP contribution in [0.25, 0.3) is 16.9 Å². The summed E-state index contributed by atoms with van der Waals surface area (Å²) in [5.41, 5.74) is 5.52. The molecule has 0 amide bonds. The number of carbonyl (C=O) groups is 1. The van der Waals surface area contributed by atoms with E-state index >= 15 is 0 Å². The van der Waals surface area contributed by atoms with Crippen LogP contribution in [-0.2, 0) is 13.1 Å². The number of halogens is 1. The maximum absolute atomic E-state index is 10.2. The summed E-state index contributed by atoms with van der Waals surface area (Å²) in [5, 5.41) is 29.6. The Hall–Kier alpha value is -4.52. The lowest BCUT2D eigenvalue weighted by molar-refractivity contribution is 0.112. The van der Waals surface area contributed by atoms with Gasteiger partial charge in [0.15, 0.2) is 5.65 Å². The molecule has 38 heavy (non-hydrogen) atoms. The zero-order valence-corrected chi connectivity index (χ0v) is 22.2. The highest BCUT2D eigenvalue weighted by Crippen LogP contribution is 2.31. The second-order valence-electron chi connectivity index (χ2n) is 8.33. The molecule has 190 valence electrons. The number of fused-ring (bicyclic) bond motifs is 1. The summed E-state index contributed by atoms with van der Waals surface area (Å²) in [6, 6.07) is 26.0. The molecule has 0 atom stereocenters. The number of anilines is 1. The Labute approximate surface area is 228 Å². The van der Waals surface area contributed by atoms with Gasteiger partial charge in [0, 0.05) is 30.3 Å². The molecule has 8 nitrogen and oxygen atoms in total. The molecule has 2 aromatic heterocycles. The zero-order chi connectivity index (χ0) is 26.9. The molecular weight excluding hydrogens is 544 g/mol. The molecule has 0 aliphatic rings. The average molecular weight is 569 g/mol. The van der Waals surface area contributed by atoms with E-state index in [2.05, 4.69) is 60.9 Å². The number of nitriles is 1. The zero-order valence-electron chi connectivity index (χ0n) is 20.6. The lowest BCUT2D eigenvalue weighted by Crippen LogP contribution is -2.08. The number of aromatic nitrogens is 3. The van der Waals surface area contributed by atoms with E-state index in [1.165, 1.54) is 11.1 Å². The van der Waals surface area contributed by atoms with E-state index in [0.717, 1.165) is 23.1 Å². The third-order valence-corrected chi connectivity index (χ3v) is 6.20. The summed E-state index contributed by atoms with van der Waals surface area (Å²) in [5.74, 6) is 0.995. The third kappa shape index (κ3) is 6.42. The molecule has 3 N–H and O–H groups in total. The van der Waals surface area contributed by atoms with E-state index in [1.54, 1.807) is 47.1 Å². The molecule has 0 spiro atoms. The Morgan fingerprint density at radius 2 is 1.76 bits per heavy atom. The number of phenolic OH excluding ortho intramolecular Hbond substituents is 1. The molecule has 0 aliphatic heterocycles. The van der Waals surface area contributed by atoms with Crippen molar-refractivity contribution in [2.45, 2.75) is 13.1 Å². The molecule has 3 aromatic carbocycles. The summed E-state index contributed by atoms with van der Waals surface area (Å²) < 4.78 is 2.55. The van der Waals surface area contributed by atoms with Crippen molar-refractivity contribution >= 4 is 33.7 Å². The number of aldehydes is 1. The fraction of sp³-hybridized carbons (Fsp3) is 0.103. The van der Waals surface area contributed by atoms with Gasteiger partial charge in [-0.15, -0.1) is 0 Å². The van der Waals surface area contributed by atoms with Gasteiger partial charge in [-0.1, -0.05) is 48.5 Å². The molecule has 5 aromatic rings. The Balaban J connectivity index is 0.000000283. The second kappa shape index (κ2) is 12.6. The maximum Gasteiger partial charge on any atom is 0.172 e. The van der Waals surface area contributed by atoms with Crippen LogP contribution in [0.3, 0.4) is 0 Å². The van der Waals surface area contributed by atoms with Gasteiger partial charge in [-0.3, -0.25) is 4.79 Å². The minimum atomic E-state index is 0.195. The van der Waals surface area contributed by atoms with Crippen LogP contribution in [0.2, 0.25) is 0 Å². The SMILES string of the molecule is CNCc1ccc(CNc2cc(-c3ccccc3O)nc3c(Br)cnn23)cc1.N#Cc1cccc(C=O)c1.